The lowest BCUT2D eigenvalue weighted by molar-refractivity contribution is -0.0272. The zero-order valence-electron chi connectivity index (χ0n) is 15.1. The number of carbonyl (C=O) groups is 1. The summed E-state index contributed by atoms with van der Waals surface area (Å²) in [7, 11) is 0. The molecule has 1 aliphatic heterocycles. The lowest BCUT2D eigenvalue weighted by Gasteiger charge is -2.38. The number of carbonyl (C=O) groups excluding carboxylic acids is 1. The number of nitrogen functional groups attached to an aromatic ring is 1. The summed E-state index contributed by atoms with van der Waals surface area (Å²) in [6.07, 6.45) is 0. The highest BCUT2D eigenvalue weighted by atomic mass is 19.3. The molecule has 1 amide bonds. The van der Waals surface area contributed by atoms with Gasteiger partial charge in [-0.3, -0.25) is 9.36 Å². The van der Waals surface area contributed by atoms with Crippen LogP contribution in [0.1, 0.15) is 21.5 Å². The van der Waals surface area contributed by atoms with E-state index in [-0.39, 0.29) is 34.2 Å². The first-order valence-corrected chi connectivity index (χ1v) is 8.37. The second kappa shape index (κ2) is 5.75. The van der Waals surface area contributed by atoms with Crippen molar-refractivity contribution in [1.29, 1.82) is 0 Å². The van der Waals surface area contributed by atoms with E-state index in [9.17, 15) is 18.7 Å². The maximum absolute atomic E-state index is 13.2. The molecule has 2 aromatic heterocycles. The molecule has 0 atom stereocenters. The quantitative estimate of drug-likeness (QED) is 0.614. The molecule has 1 saturated heterocycles. The lowest BCUT2D eigenvalue weighted by Crippen LogP contribution is -2.57. The SMILES string of the molecule is Cc1ccc(O)c(C)c1-n1c(N)c(C(N)=O)c2nnc(N3CC(F)(F)C3)nc21. The number of nitrogens with two attached hydrogens (primary N) is 2. The molecule has 11 heteroatoms. The minimum atomic E-state index is -2.81. The highest BCUT2D eigenvalue weighted by molar-refractivity contribution is 6.09. The Morgan fingerprint density at radius 2 is 1.93 bits per heavy atom. The van der Waals surface area contributed by atoms with Crippen molar-refractivity contribution in [3.63, 3.8) is 0 Å². The number of halogens is 2. The zero-order valence-corrected chi connectivity index (χ0v) is 15.1. The van der Waals surface area contributed by atoms with Gasteiger partial charge in [-0.2, -0.15) is 4.98 Å². The number of benzene rings is 1. The first kappa shape index (κ1) is 17.9. The third kappa shape index (κ3) is 2.50. The summed E-state index contributed by atoms with van der Waals surface area (Å²) < 4.78 is 27.9. The van der Waals surface area contributed by atoms with Crippen molar-refractivity contribution in [2.45, 2.75) is 19.8 Å². The van der Waals surface area contributed by atoms with Gasteiger partial charge in [0.05, 0.1) is 18.8 Å². The molecule has 0 spiro atoms. The van der Waals surface area contributed by atoms with Gasteiger partial charge in [-0.25, -0.2) is 8.78 Å². The van der Waals surface area contributed by atoms with E-state index in [0.717, 1.165) is 5.56 Å². The third-order valence-corrected chi connectivity index (χ3v) is 4.80. The van der Waals surface area contributed by atoms with E-state index in [0.29, 0.717) is 11.3 Å². The van der Waals surface area contributed by atoms with Crippen molar-refractivity contribution in [2.75, 3.05) is 23.7 Å². The van der Waals surface area contributed by atoms with E-state index in [1.165, 1.54) is 15.5 Å². The molecule has 9 nitrogen and oxygen atoms in total. The Bertz CT molecular complexity index is 1130. The molecule has 0 bridgehead atoms. The third-order valence-electron chi connectivity index (χ3n) is 4.80. The van der Waals surface area contributed by atoms with Gasteiger partial charge < -0.3 is 21.5 Å². The van der Waals surface area contributed by atoms with E-state index in [4.69, 9.17) is 11.5 Å². The van der Waals surface area contributed by atoms with Crippen molar-refractivity contribution in [2.24, 2.45) is 5.73 Å². The maximum atomic E-state index is 13.2. The van der Waals surface area contributed by atoms with Crippen LogP contribution in [0.15, 0.2) is 12.1 Å². The summed E-state index contributed by atoms with van der Waals surface area (Å²) in [4.78, 5) is 17.6. The number of rotatable bonds is 3. The molecule has 0 aliphatic carbocycles. The Morgan fingerprint density at radius 1 is 1.25 bits per heavy atom. The van der Waals surface area contributed by atoms with Crippen molar-refractivity contribution < 1.29 is 18.7 Å². The molecular formula is C17H17F2N7O2. The number of phenolic OH excluding ortho intramolecular Hbond substituents is 1. The normalized spacial score (nSPS) is 15.6. The fourth-order valence-corrected chi connectivity index (χ4v) is 3.40. The lowest BCUT2D eigenvalue weighted by atomic mass is 10.1. The molecule has 0 radical (unpaired) electrons. The van der Waals surface area contributed by atoms with E-state index in [2.05, 4.69) is 15.2 Å². The number of nitrogens with zero attached hydrogens (tertiary/aromatic N) is 5. The number of aromatic nitrogens is 4. The molecule has 1 fully saturated rings. The summed E-state index contributed by atoms with van der Waals surface area (Å²) in [5.74, 6) is -3.64. The van der Waals surface area contributed by atoms with Crippen molar-refractivity contribution in [3.8, 4) is 11.4 Å². The molecular weight excluding hydrogens is 372 g/mol. The van der Waals surface area contributed by atoms with Crippen molar-refractivity contribution in [1.82, 2.24) is 19.7 Å². The predicted molar refractivity (Wildman–Crippen MR) is 97.9 cm³/mol. The topological polar surface area (TPSA) is 136 Å². The minimum absolute atomic E-state index is 0.0105. The zero-order chi connectivity index (χ0) is 20.4. The molecule has 28 heavy (non-hydrogen) atoms. The van der Waals surface area contributed by atoms with Gasteiger partial charge in [0.2, 0.25) is 5.95 Å². The Kier molecular flexibility index (Phi) is 3.67. The molecule has 1 aromatic carbocycles. The summed E-state index contributed by atoms with van der Waals surface area (Å²) in [6, 6.07) is 3.21. The first-order chi connectivity index (χ1) is 13.1. The van der Waals surface area contributed by atoms with Gasteiger partial charge >= 0.3 is 0 Å². The van der Waals surface area contributed by atoms with Crippen LogP contribution in [0.4, 0.5) is 20.5 Å². The Hall–Kier alpha value is -3.50. The standard InChI is InChI=1S/C17H17F2N7O2/c1-7-3-4-9(27)8(2)12(7)26-13(20)10(14(21)28)11-15(26)22-16(24-23-11)25-5-17(18,19)6-25/h3-4,27H,5-6,20H2,1-2H3,(H2,21,28). The molecule has 1 aliphatic rings. The molecule has 146 valence electrons. The number of fused-ring (bicyclic) bond motifs is 1. The van der Waals surface area contributed by atoms with Crippen LogP contribution in [0, 0.1) is 13.8 Å². The second-order valence-electron chi connectivity index (χ2n) is 6.83. The fourth-order valence-electron chi connectivity index (χ4n) is 3.40. The van der Waals surface area contributed by atoms with Gasteiger partial charge in [-0.1, -0.05) is 6.07 Å². The number of aryl methyl sites for hydroxylation is 1. The Morgan fingerprint density at radius 3 is 2.54 bits per heavy atom. The van der Waals surface area contributed by atoms with Crippen LogP contribution >= 0.6 is 0 Å². The van der Waals surface area contributed by atoms with E-state index < -0.39 is 24.9 Å². The van der Waals surface area contributed by atoms with Gasteiger partial charge in [0, 0.05) is 5.56 Å². The van der Waals surface area contributed by atoms with Crippen LogP contribution in [-0.2, 0) is 0 Å². The van der Waals surface area contributed by atoms with Crippen LogP contribution in [0.25, 0.3) is 16.9 Å². The van der Waals surface area contributed by atoms with Gasteiger partial charge in [0.1, 0.15) is 22.6 Å². The monoisotopic (exact) mass is 389 g/mol. The highest BCUT2D eigenvalue weighted by Gasteiger charge is 2.45. The molecule has 0 unspecified atom stereocenters. The van der Waals surface area contributed by atoms with Gasteiger partial charge in [-0.05, 0) is 25.5 Å². The smallest absolute Gasteiger partial charge is 0.282 e. The van der Waals surface area contributed by atoms with Gasteiger partial charge in [-0.15, -0.1) is 10.2 Å². The number of anilines is 2. The van der Waals surface area contributed by atoms with Crippen molar-refractivity contribution in [3.05, 3.63) is 28.8 Å². The molecule has 3 heterocycles. The van der Waals surface area contributed by atoms with E-state index in [1.54, 1.807) is 19.9 Å². The fraction of sp³-hybridized carbons (Fsp3) is 0.294. The Balaban J connectivity index is 2.01. The van der Waals surface area contributed by atoms with Gasteiger partial charge in [0.15, 0.2) is 5.65 Å². The maximum Gasteiger partial charge on any atom is 0.282 e. The Labute approximate surface area is 157 Å². The molecule has 3 aromatic rings. The first-order valence-electron chi connectivity index (χ1n) is 8.37. The van der Waals surface area contributed by atoms with Crippen molar-refractivity contribution >= 4 is 28.8 Å². The number of hydrogen-bond donors (Lipinski definition) is 3. The summed E-state index contributed by atoms with van der Waals surface area (Å²) in [6.45, 7) is 2.42. The van der Waals surface area contributed by atoms with Gasteiger partial charge in [0.25, 0.3) is 11.8 Å². The number of phenols is 1. The average Bonchev–Trinajstić information content (AvgIpc) is 2.88. The summed E-state index contributed by atoms with van der Waals surface area (Å²) >= 11 is 0. The van der Waals surface area contributed by atoms with Crippen LogP contribution in [0.2, 0.25) is 0 Å². The highest BCUT2D eigenvalue weighted by Crippen LogP contribution is 2.36. The average molecular weight is 389 g/mol. The van der Waals surface area contributed by atoms with Crippen LogP contribution < -0.4 is 16.4 Å². The second-order valence-corrected chi connectivity index (χ2v) is 6.83. The summed E-state index contributed by atoms with van der Waals surface area (Å²) in [5.41, 5.74) is 13.5. The van der Waals surface area contributed by atoms with Crippen LogP contribution in [0.3, 0.4) is 0 Å². The molecule has 5 N–H and O–H groups in total. The summed E-state index contributed by atoms with van der Waals surface area (Å²) in [5, 5.41) is 18.0. The number of alkyl halides is 2. The van der Waals surface area contributed by atoms with E-state index >= 15 is 0 Å². The number of aromatic hydroxyl groups is 1. The number of hydrogen-bond acceptors (Lipinski definition) is 7. The molecule has 4 rings (SSSR count). The van der Waals surface area contributed by atoms with E-state index in [1.807, 2.05) is 0 Å². The van der Waals surface area contributed by atoms with Crippen LogP contribution in [-0.4, -0.2) is 49.8 Å². The number of primary amides is 1. The largest absolute Gasteiger partial charge is 0.508 e. The number of amides is 1. The predicted octanol–water partition coefficient (Wildman–Crippen LogP) is 1.27. The minimum Gasteiger partial charge on any atom is -0.508 e. The van der Waals surface area contributed by atoms with Crippen LogP contribution in [0.5, 0.6) is 5.75 Å². The molecule has 0 saturated carbocycles.